The van der Waals surface area contributed by atoms with Gasteiger partial charge in [-0.05, 0) is 73.2 Å². The van der Waals surface area contributed by atoms with E-state index in [9.17, 15) is 31.1 Å². The number of halogens is 6. The summed E-state index contributed by atoms with van der Waals surface area (Å²) in [6.45, 7) is 1.79. The summed E-state index contributed by atoms with van der Waals surface area (Å²) in [6, 6.07) is 16.1. The maximum Gasteiger partial charge on any atom is 0.499 e. The molecule has 0 radical (unpaired) electrons. The van der Waals surface area contributed by atoms with E-state index in [1.807, 2.05) is 0 Å². The van der Waals surface area contributed by atoms with E-state index in [4.69, 9.17) is 0 Å². The number of nitrogens with zero attached hydrogens (tertiary/aromatic N) is 5. The summed E-state index contributed by atoms with van der Waals surface area (Å²) >= 11 is 0. The molecule has 2 heterocycles. The maximum atomic E-state index is 13.8. The summed E-state index contributed by atoms with van der Waals surface area (Å²) in [7, 11) is 0. The fourth-order valence-electron chi connectivity index (χ4n) is 3.77. The van der Waals surface area contributed by atoms with Crippen LogP contribution in [0.5, 0.6) is 5.75 Å². The number of aromatic nitrogens is 5. The lowest BCUT2D eigenvalue weighted by Gasteiger charge is -2.20. The number of anilines is 2. The van der Waals surface area contributed by atoms with Crippen molar-refractivity contribution in [3.8, 4) is 28.5 Å². The van der Waals surface area contributed by atoms with E-state index in [0.717, 1.165) is 17.7 Å². The predicted octanol–water partition coefficient (Wildman–Crippen LogP) is 6.75. The quantitative estimate of drug-likeness (QED) is 0.206. The van der Waals surface area contributed by atoms with Gasteiger partial charge in [0.2, 0.25) is 0 Å². The number of carbonyl (C=O) groups excluding carboxylic acids is 1. The highest BCUT2D eigenvalue weighted by Gasteiger charge is 2.61. The molecule has 0 fully saturated rings. The molecule has 0 aliphatic heterocycles. The molecule has 0 aliphatic carbocycles. The van der Waals surface area contributed by atoms with Gasteiger partial charge in [-0.1, -0.05) is 6.07 Å². The second-order valence-electron chi connectivity index (χ2n) is 8.84. The SMILES string of the molecule is Cc1ccc(F)cc1-n1nccc1NC(=O)Nc1ccc(-c2ncn(-c3ccc(OC(F)(F)C(F)(F)F)cc3)n2)cc1. The van der Waals surface area contributed by atoms with Crippen molar-refractivity contribution in [2.24, 2.45) is 0 Å². The topological polar surface area (TPSA) is 98.9 Å². The number of hydrogen-bond acceptors (Lipinski definition) is 5. The number of hydrogen-bond donors (Lipinski definition) is 2. The monoisotopic (exact) mass is 587 g/mol. The lowest BCUT2D eigenvalue weighted by molar-refractivity contribution is -0.360. The molecule has 2 amide bonds. The number of alkyl halides is 5. The average molecular weight is 587 g/mol. The molecule has 15 heteroatoms. The number of carbonyl (C=O) groups is 1. The summed E-state index contributed by atoms with van der Waals surface area (Å²) < 4.78 is 83.5. The highest BCUT2D eigenvalue weighted by molar-refractivity contribution is 5.99. The molecule has 2 N–H and O–H groups in total. The lowest BCUT2D eigenvalue weighted by Crippen LogP contribution is -2.41. The summed E-state index contributed by atoms with van der Waals surface area (Å²) in [5, 5.41) is 13.8. The van der Waals surface area contributed by atoms with Gasteiger partial charge in [0.1, 0.15) is 23.7 Å². The van der Waals surface area contributed by atoms with E-state index in [2.05, 4.69) is 30.6 Å². The molecule has 0 aliphatic rings. The molecule has 2 aromatic heterocycles. The first-order chi connectivity index (χ1) is 19.9. The second-order valence-corrected chi connectivity index (χ2v) is 8.84. The van der Waals surface area contributed by atoms with Gasteiger partial charge >= 0.3 is 18.3 Å². The van der Waals surface area contributed by atoms with Gasteiger partial charge in [0.15, 0.2) is 5.82 Å². The Morgan fingerprint density at radius 2 is 1.62 bits per heavy atom. The molecule has 5 aromatic rings. The summed E-state index contributed by atoms with van der Waals surface area (Å²) in [6.07, 6.45) is -8.39. The number of urea groups is 1. The third-order valence-corrected chi connectivity index (χ3v) is 5.85. The molecular weight excluding hydrogens is 568 g/mol. The lowest BCUT2D eigenvalue weighted by atomic mass is 10.2. The van der Waals surface area contributed by atoms with E-state index < -0.39 is 29.9 Å². The first kappa shape index (κ1) is 28.2. The van der Waals surface area contributed by atoms with Crippen LogP contribution in [-0.4, -0.2) is 42.9 Å². The normalized spacial score (nSPS) is 11.8. The molecule has 5 rings (SSSR count). The molecular formula is C27H19F6N7O2. The van der Waals surface area contributed by atoms with Crippen molar-refractivity contribution >= 4 is 17.5 Å². The number of amides is 2. The molecule has 3 aromatic carbocycles. The zero-order valence-electron chi connectivity index (χ0n) is 21.4. The second kappa shape index (κ2) is 10.9. The minimum atomic E-state index is -5.85. The van der Waals surface area contributed by atoms with Crippen molar-refractivity contribution in [3.05, 3.63) is 96.7 Å². The summed E-state index contributed by atoms with van der Waals surface area (Å²) in [5.41, 5.74) is 2.57. The van der Waals surface area contributed by atoms with Crippen LogP contribution in [0.3, 0.4) is 0 Å². The van der Waals surface area contributed by atoms with Crippen molar-refractivity contribution in [3.63, 3.8) is 0 Å². The molecule has 0 unspecified atom stereocenters. The Labute approximate surface area is 233 Å². The van der Waals surface area contributed by atoms with Crippen LogP contribution < -0.4 is 15.4 Å². The molecule has 0 saturated carbocycles. The highest BCUT2D eigenvalue weighted by Crippen LogP contribution is 2.37. The zero-order chi connectivity index (χ0) is 30.1. The van der Waals surface area contributed by atoms with Gasteiger partial charge in [0, 0.05) is 17.3 Å². The Kier molecular flexibility index (Phi) is 7.33. The average Bonchev–Trinajstić information content (AvgIpc) is 3.60. The standard InChI is InChI=1S/C27H19F6N7O2/c1-16-2-5-18(28)14-22(16)40-23(12-13-35-40)37-25(41)36-19-6-3-17(4-7-19)24-34-15-39(38-24)20-8-10-21(11-9-20)42-27(32,33)26(29,30)31/h2-15H,1H3,(H2,36,37,41). The minimum absolute atomic E-state index is 0.282. The molecule has 216 valence electrons. The van der Waals surface area contributed by atoms with Gasteiger partial charge in [0.05, 0.1) is 17.6 Å². The summed E-state index contributed by atoms with van der Waals surface area (Å²) in [4.78, 5) is 16.8. The zero-order valence-corrected chi connectivity index (χ0v) is 21.4. The van der Waals surface area contributed by atoms with E-state index >= 15 is 0 Å². The molecule has 0 spiro atoms. The number of rotatable bonds is 7. The van der Waals surface area contributed by atoms with Gasteiger partial charge < -0.3 is 10.1 Å². The van der Waals surface area contributed by atoms with E-state index in [0.29, 0.717) is 28.4 Å². The van der Waals surface area contributed by atoms with Gasteiger partial charge in [-0.3, -0.25) is 5.32 Å². The van der Waals surface area contributed by atoms with Crippen molar-refractivity contribution in [2.45, 2.75) is 19.2 Å². The van der Waals surface area contributed by atoms with E-state index in [-0.39, 0.29) is 5.82 Å². The van der Waals surface area contributed by atoms with Crippen molar-refractivity contribution in [1.82, 2.24) is 24.5 Å². The number of benzene rings is 3. The number of nitrogens with one attached hydrogen (secondary N) is 2. The Bertz CT molecular complexity index is 1710. The predicted molar refractivity (Wildman–Crippen MR) is 139 cm³/mol. The number of aryl methyl sites for hydroxylation is 1. The fraction of sp³-hybridized carbons (Fsp3) is 0.111. The Hall–Kier alpha value is -5.34. The maximum absolute atomic E-state index is 13.8. The Balaban J connectivity index is 1.22. The fourth-order valence-corrected chi connectivity index (χ4v) is 3.77. The van der Waals surface area contributed by atoms with Gasteiger partial charge in [-0.15, -0.1) is 5.10 Å². The number of ether oxygens (including phenoxy) is 1. The Morgan fingerprint density at radius 3 is 2.31 bits per heavy atom. The van der Waals surface area contributed by atoms with Crippen LogP contribution in [0.2, 0.25) is 0 Å². The van der Waals surface area contributed by atoms with Gasteiger partial charge in [0.25, 0.3) is 0 Å². The minimum Gasteiger partial charge on any atom is -0.426 e. The summed E-state index contributed by atoms with van der Waals surface area (Å²) in [5.74, 6) is -0.520. The van der Waals surface area contributed by atoms with Crippen molar-refractivity contribution in [1.29, 1.82) is 0 Å². The smallest absolute Gasteiger partial charge is 0.426 e. The largest absolute Gasteiger partial charge is 0.499 e. The molecule has 0 saturated heterocycles. The van der Waals surface area contributed by atoms with Crippen LogP contribution in [0.4, 0.5) is 42.6 Å². The third kappa shape index (κ3) is 6.04. The third-order valence-electron chi connectivity index (χ3n) is 5.85. The van der Waals surface area contributed by atoms with Crippen LogP contribution in [-0.2, 0) is 0 Å². The van der Waals surface area contributed by atoms with E-state index in [1.165, 1.54) is 46.2 Å². The molecule has 0 bridgehead atoms. The van der Waals surface area contributed by atoms with Crippen LogP contribution in [0.25, 0.3) is 22.8 Å². The van der Waals surface area contributed by atoms with Gasteiger partial charge in [-0.2, -0.15) is 27.1 Å². The first-order valence-corrected chi connectivity index (χ1v) is 12.0. The molecule has 0 atom stereocenters. The van der Waals surface area contributed by atoms with Crippen LogP contribution in [0.15, 0.2) is 85.3 Å². The van der Waals surface area contributed by atoms with Crippen LogP contribution >= 0.6 is 0 Å². The van der Waals surface area contributed by atoms with Crippen LogP contribution in [0, 0.1) is 12.7 Å². The molecule has 9 nitrogen and oxygen atoms in total. The van der Waals surface area contributed by atoms with Crippen LogP contribution in [0.1, 0.15) is 5.56 Å². The van der Waals surface area contributed by atoms with Crippen molar-refractivity contribution < 1.29 is 35.9 Å². The first-order valence-electron chi connectivity index (χ1n) is 12.0. The Morgan fingerprint density at radius 1 is 0.905 bits per heavy atom. The highest BCUT2D eigenvalue weighted by atomic mass is 19.4. The van der Waals surface area contributed by atoms with Crippen molar-refractivity contribution in [2.75, 3.05) is 10.6 Å². The van der Waals surface area contributed by atoms with E-state index in [1.54, 1.807) is 43.3 Å². The van der Waals surface area contributed by atoms with Gasteiger partial charge in [-0.25, -0.2) is 23.5 Å². The molecule has 42 heavy (non-hydrogen) atoms.